The van der Waals surface area contributed by atoms with Crippen molar-refractivity contribution in [2.75, 3.05) is 13.2 Å². The summed E-state index contributed by atoms with van der Waals surface area (Å²) in [5, 5.41) is 0. The zero-order chi connectivity index (χ0) is 38.7. The summed E-state index contributed by atoms with van der Waals surface area (Å²) in [5.74, 6) is -0.900. The second-order valence-corrected chi connectivity index (χ2v) is 15.0. The smallest absolute Gasteiger partial charge is 0.306 e. The van der Waals surface area contributed by atoms with Gasteiger partial charge in [0, 0.05) is 19.3 Å². The third kappa shape index (κ3) is 40.6. The van der Waals surface area contributed by atoms with Crippen molar-refractivity contribution in [1.82, 2.24) is 0 Å². The molecule has 0 N–H and O–H groups in total. The third-order valence-electron chi connectivity index (χ3n) is 9.60. The van der Waals surface area contributed by atoms with E-state index < -0.39 is 6.10 Å². The predicted molar refractivity (Wildman–Crippen MR) is 224 cm³/mol. The molecule has 0 bridgehead atoms. The summed E-state index contributed by atoms with van der Waals surface area (Å²) in [6, 6.07) is 0. The monoisotopic (exact) mass is 745 g/mol. The van der Waals surface area contributed by atoms with Crippen LogP contribution in [0.25, 0.3) is 0 Å². The van der Waals surface area contributed by atoms with E-state index in [1.807, 2.05) is 0 Å². The molecule has 0 aliphatic heterocycles. The zero-order valence-electron chi connectivity index (χ0n) is 35.0. The summed E-state index contributed by atoms with van der Waals surface area (Å²) in [6.07, 6.45) is 47.0. The first kappa shape index (κ1) is 50.6. The average molecular weight is 745 g/mol. The van der Waals surface area contributed by atoms with E-state index in [4.69, 9.17) is 14.2 Å². The van der Waals surface area contributed by atoms with Crippen LogP contribution in [-0.2, 0) is 28.6 Å². The van der Waals surface area contributed by atoms with E-state index in [0.29, 0.717) is 19.3 Å². The Morgan fingerprint density at radius 2 is 0.717 bits per heavy atom. The van der Waals surface area contributed by atoms with Gasteiger partial charge < -0.3 is 14.2 Å². The van der Waals surface area contributed by atoms with Crippen molar-refractivity contribution < 1.29 is 28.6 Å². The highest BCUT2D eigenvalue weighted by Crippen LogP contribution is 2.14. The Kier molecular flexibility index (Phi) is 40.5. The first-order valence-corrected chi connectivity index (χ1v) is 22.5. The van der Waals surface area contributed by atoms with Crippen molar-refractivity contribution in [3.63, 3.8) is 0 Å². The number of unbranched alkanes of at least 4 members (excludes halogenated alkanes) is 23. The van der Waals surface area contributed by atoms with Crippen LogP contribution in [0.3, 0.4) is 0 Å². The van der Waals surface area contributed by atoms with E-state index in [2.05, 4.69) is 57.2 Å². The molecule has 53 heavy (non-hydrogen) atoms. The molecule has 0 aliphatic rings. The number of allylic oxidation sites excluding steroid dienone is 6. The molecule has 0 saturated heterocycles. The topological polar surface area (TPSA) is 78.9 Å². The lowest BCUT2D eigenvalue weighted by Crippen LogP contribution is -2.30. The van der Waals surface area contributed by atoms with Gasteiger partial charge in [0.2, 0.25) is 0 Å². The molecule has 1 atom stereocenters. The standard InChI is InChI=1S/C47H84O6/c1-4-7-10-13-16-19-21-22-23-24-25-26-27-29-31-34-37-40-46(49)52-43-44(42-51-45(48)39-36-33-30-18-15-12-9-6-3)53-47(50)41-38-35-32-28-20-17-14-11-8-5-2/h11,14,16,19,22-23,44H,4-10,12-13,15,17-18,20-21,24-43H2,1-3H3/b14-11-,19-16-,23-22-. The van der Waals surface area contributed by atoms with Crippen LogP contribution in [-0.4, -0.2) is 37.2 Å². The molecule has 0 radical (unpaired) electrons. The first-order valence-electron chi connectivity index (χ1n) is 22.5. The van der Waals surface area contributed by atoms with Gasteiger partial charge in [-0.3, -0.25) is 14.4 Å². The minimum atomic E-state index is -0.772. The summed E-state index contributed by atoms with van der Waals surface area (Å²) >= 11 is 0. The molecular weight excluding hydrogens is 661 g/mol. The highest BCUT2D eigenvalue weighted by atomic mass is 16.6. The van der Waals surface area contributed by atoms with E-state index in [1.54, 1.807) is 0 Å². The van der Waals surface area contributed by atoms with Crippen LogP contribution in [0.5, 0.6) is 0 Å². The largest absolute Gasteiger partial charge is 0.462 e. The Bertz CT molecular complexity index is 907. The van der Waals surface area contributed by atoms with Crippen LogP contribution < -0.4 is 0 Å². The van der Waals surface area contributed by atoms with Gasteiger partial charge in [-0.1, -0.05) is 173 Å². The summed E-state index contributed by atoms with van der Waals surface area (Å²) in [7, 11) is 0. The highest BCUT2D eigenvalue weighted by molar-refractivity contribution is 5.71. The van der Waals surface area contributed by atoms with Crippen molar-refractivity contribution in [3.05, 3.63) is 36.5 Å². The van der Waals surface area contributed by atoms with Crippen molar-refractivity contribution in [2.45, 2.75) is 232 Å². The summed E-state index contributed by atoms with van der Waals surface area (Å²) in [6.45, 7) is 6.50. The van der Waals surface area contributed by atoms with Crippen molar-refractivity contribution in [2.24, 2.45) is 0 Å². The van der Waals surface area contributed by atoms with Crippen LogP contribution in [0, 0.1) is 0 Å². The van der Waals surface area contributed by atoms with E-state index in [1.165, 1.54) is 96.3 Å². The fourth-order valence-electron chi connectivity index (χ4n) is 6.18. The molecule has 0 spiro atoms. The maximum absolute atomic E-state index is 12.6. The molecule has 0 amide bonds. The van der Waals surface area contributed by atoms with Crippen molar-refractivity contribution in [1.29, 1.82) is 0 Å². The van der Waals surface area contributed by atoms with E-state index in [0.717, 1.165) is 89.9 Å². The van der Waals surface area contributed by atoms with Gasteiger partial charge in [0.1, 0.15) is 13.2 Å². The Balaban J connectivity index is 4.30. The lowest BCUT2D eigenvalue weighted by molar-refractivity contribution is -0.167. The fraction of sp³-hybridized carbons (Fsp3) is 0.809. The molecule has 1 unspecified atom stereocenters. The molecule has 0 saturated carbocycles. The molecule has 0 aromatic heterocycles. The molecular formula is C47H84O6. The average Bonchev–Trinajstić information content (AvgIpc) is 3.15. The van der Waals surface area contributed by atoms with Crippen molar-refractivity contribution >= 4 is 17.9 Å². The fourth-order valence-corrected chi connectivity index (χ4v) is 6.18. The minimum Gasteiger partial charge on any atom is -0.462 e. The van der Waals surface area contributed by atoms with Crippen molar-refractivity contribution in [3.8, 4) is 0 Å². The lowest BCUT2D eigenvalue weighted by Gasteiger charge is -2.18. The number of ether oxygens (including phenoxy) is 3. The van der Waals surface area contributed by atoms with Crippen LogP contribution in [0.1, 0.15) is 226 Å². The number of esters is 3. The molecule has 0 fully saturated rings. The molecule has 6 heteroatoms. The summed E-state index contributed by atoms with van der Waals surface area (Å²) < 4.78 is 16.6. The molecule has 0 heterocycles. The molecule has 0 aliphatic carbocycles. The second-order valence-electron chi connectivity index (χ2n) is 15.0. The van der Waals surface area contributed by atoms with E-state index >= 15 is 0 Å². The molecule has 0 rings (SSSR count). The number of hydrogen-bond acceptors (Lipinski definition) is 6. The Labute approximate surface area is 327 Å². The number of rotatable bonds is 40. The first-order chi connectivity index (χ1) is 26.0. The van der Waals surface area contributed by atoms with Gasteiger partial charge in [0.05, 0.1) is 0 Å². The normalized spacial score (nSPS) is 12.3. The lowest BCUT2D eigenvalue weighted by atomic mass is 10.1. The van der Waals surface area contributed by atoms with Crippen LogP contribution in [0.2, 0.25) is 0 Å². The maximum Gasteiger partial charge on any atom is 0.306 e. The second kappa shape index (κ2) is 42.4. The Hall–Kier alpha value is -2.37. The number of carbonyl (C=O) groups is 3. The van der Waals surface area contributed by atoms with Crippen LogP contribution in [0.4, 0.5) is 0 Å². The van der Waals surface area contributed by atoms with Gasteiger partial charge in [-0.15, -0.1) is 0 Å². The molecule has 0 aromatic rings. The predicted octanol–water partition coefficient (Wildman–Crippen LogP) is 14.2. The van der Waals surface area contributed by atoms with E-state index in [-0.39, 0.29) is 31.1 Å². The number of carbonyl (C=O) groups excluding carboxylic acids is 3. The Morgan fingerprint density at radius 1 is 0.377 bits per heavy atom. The van der Waals surface area contributed by atoms with E-state index in [9.17, 15) is 14.4 Å². The molecule has 308 valence electrons. The van der Waals surface area contributed by atoms with Gasteiger partial charge in [-0.25, -0.2) is 0 Å². The summed E-state index contributed by atoms with van der Waals surface area (Å²) in [5.41, 5.74) is 0. The minimum absolute atomic E-state index is 0.0770. The third-order valence-corrected chi connectivity index (χ3v) is 9.60. The van der Waals surface area contributed by atoms with Gasteiger partial charge in [-0.2, -0.15) is 0 Å². The molecule has 0 aromatic carbocycles. The van der Waals surface area contributed by atoms with Crippen LogP contribution >= 0.6 is 0 Å². The van der Waals surface area contributed by atoms with Gasteiger partial charge in [0.15, 0.2) is 6.10 Å². The van der Waals surface area contributed by atoms with Gasteiger partial charge in [0.25, 0.3) is 0 Å². The zero-order valence-corrected chi connectivity index (χ0v) is 35.0. The number of hydrogen-bond donors (Lipinski definition) is 0. The van der Waals surface area contributed by atoms with Crippen LogP contribution in [0.15, 0.2) is 36.5 Å². The highest BCUT2D eigenvalue weighted by Gasteiger charge is 2.19. The van der Waals surface area contributed by atoms with Gasteiger partial charge in [-0.05, 0) is 70.6 Å². The summed E-state index contributed by atoms with van der Waals surface area (Å²) in [4.78, 5) is 37.6. The maximum atomic E-state index is 12.6. The quantitative estimate of drug-likeness (QED) is 0.0269. The van der Waals surface area contributed by atoms with Gasteiger partial charge >= 0.3 is 17.9 Å². The molecule has 6 nitrogen and oxygen atoms in total. The SMILES string of the molecule is CCC/C=C\CCCCCCCC(=O)OC(COC(=O)CCCCCCCCCC)COC(=O)CCCCCCCCC/C=C\C/C=C\CCCCC. The Morgan fingerprint density at radius 3 is 1.17 bits per heavy atom.